The zero-order valence-electron chi connectivity index (χ0n) is 9.11. The van der Waals surface area contributed by atoms with Gasteiger partial charge in [-0.15, -0.1) is 0 Å². The van der Waals surface area contributed by atoms with Gasteiger partial charge >= 0.3 is 6.18 Å². The van der Waals surface area contributed by atoms with Gasteiger partial charge in [-0.2, -0.15) is 13.2 Å². The van der Waals surface area contributed by atoms with Crippen LogP contribution in [0.2, 0.25) is 5.02 Å². The summed E-state index contributed by atoms with van der Waals surface area (Å²) in [6.07, 6.45) is -4.51. The summed E-state index contributed by atoms with van der Waals surface area (Å²) < 4.78 is 37.7. The summed E-state index contributed by atoms with van der Waals surface area (Å²) >= 11 is 5.46. The molecule has 0 aliphatic heterocycles. The van der Waals surface area contributed by atoms with Gasteiger partial charge in [0.25, 0.3) is 0 Å². The highest BCUT2D eigenvalue weighted by molar-refractivity contribution is 6.31. The standard InChI is InChI=1S/C11H12ClF3O/c1-10(2,3)7-4-6(11(13,14)15)8(12)5-9(7)16/h4-5,16H,1-3H3. The molecule has 90 valence electrons. The maximum atomic E-state index is 12.6. The smallest absolute Gasteiger partial charge is 0.417 e. The lowest BCUT2D eigenvalue weighted by Gasteiger charge is -2.22. The predicted octanol–water partition coefficient (Wildman–Crippen LogP) is 4.36. The van der Waals surface area contributed by atoms with E-state index in [0.717, 1.165) is 12.1 Å². The van der Waals surface area contributed by atoms with Gasteiger partial charge in [-0.1, -0.05) is 32.4 Å². The van der Waals surface area contributed by atoms with Crippen LogP contribution < -0.4 is 0 Å². The fourth-order valence-corrected chi connectivity index (χ4v) is 1.65. The van der Waals surface area contributed by atoms with Crippen molar-refractivity contribution in [2.75, 3.05) is 0 Å². The van der Waals surface area contributed by atoms with E-state index < -0.39 is 22.2 Å². The molecule has 0 saturated carbocycles. The van der Waals surface area contributed by atoms with Crippen molar-refractivity contribution in [2.45, 2.75) is 32.4 Å². The SMILES string of the molecule is CC(C)(C)c1cc(C(F)(F)F)c(Cl)cc1O. The summed E-state index contributed by atoms with van der Waals surface area (Å²) in [5, 5.41) is 9.08. The molecule has 0 heterocycles. The summed E-state index contributed by atoms with van der Waals surface area (Å²) in [6.45, 7) is 5.16. The van der Waals surface area contributed by atoms with Gasteiger partial charge in [0.1, 0.15) is 5.75 Å². The van der Waals surface area contributed by atoms with Gasteiger partial charge < -0.3 is 5.11 Å². The van der Waals surface area contributed by atoms with E-state index in [1.165, 1.54) is 0 Å². The summed E-state index contributed by atoms with van der Waals surface area (Å²) in [5.41, 5.74) is -1.27. The Morgan fingerprint density at radius 1 is 1.06 bits per heavy atom. The first-order valence-electron chi connectivity index (χ1n) is 4.63. The minimum Gasteiger partial charge on any atom is -0.508 e. The third kappa shape index (κ3) is 2.61. The molecular weight excluding hydrogens is 241 g/mol. The summed E-state index contributed by atoms with van der Waals surface area (Å²) in [7, 11) is 0. The van der Waals surface area contributed by atoms with Crippen molar-refractivity contribution in [1.82, 2.24) is 0 Å². The zero-order chi connectivity index (χ0) is 12.7. The molecule has 1 rings (SSSR count). The van der Waals surface area contributed by atoms with Crippen LogP contribution in [0.4, 0.5) is 13.2 Å². The number of rotatable bonds is 0. The Kier molecular flexibility index (Phi) is 3.16. The van der Waals surface area contributed by atoms with Gasteiger partial charge in [-0.3, -0.25) is 0 Å². The van der Waals surface area contributed by atoms with Crippen LogP contribution in [0.5, 0.6) is 5.75 Å². The molecule has 0 aliphatic carbocycles. The van der Waals surface area contributed by atoms with Crippen LogP contribution >= 0.6 is 11.6 Å². The maximum absolute atomic E-state index is 12.6. The molecule has 0 bridgehead atoms. The molecule has 1 nitrogen and oxygen atoms in total. The summed E-state index contributed by atoms with van der Waals surface area (Å²) in [6, 6.07) is 1.84. The molecule has 0 aliphatic rings. The van der Waals surface area contributed by atoms with Gasteiger partial charge in [0.15, 0.2) is 0 Å². The van der Waals surface area contributed by atoms with Gasteiger partial charge in [0.05, 0.1) is 10.6 Å². The van der Waals surface area contributed by atoms with Crippen molar-refractivity contribution >= 4 is 11.6 Å². The molecule has 0 fully saturated rings. The lowest BCUT2D eigenvalue weighted by molar-refractivity contribution is -0.137. The Morgan fingerprint density at radius 2 is 1.56 bits per heavy atom. The second-order valence-corrected chi connectivity index (χ2v) is 5.00. The lowest BCUT2D eigenvalue weighted by Crippen LogP contribution is -2.14. The van der Waals surface area contributed by atoms with Crippen molar-refractivity contribution in [3.8, 4) is 5.75 Å². The average Bonchev–Trinajstić information content (AvgIpc) is 1.97. The summed E-state index contributed by atoms with van der Waals surface area (Å²) in [5.74, 6) is -0.217. The molecule has 16 heavy (non-hydrogen) atoms. The van der Waals surface area contributed by atoms with Crippen molar-refractivity contribution in [3.63, 3.8) is 0 Å². The number of alkyl halides is 3. The molecule has 0 unspecified atom stereocenters. The van der Waals surface area contributed by atoms with Crippen LogP contribution in [-0.2, 0) is 11.6 Å². The zero-order valence-corrected chi connectivity index (χ0v) is 9.87. The highest BCUT2D eigenvalue weighted by Gasteiger charge is 2.35. The summed E-state index contributed by atoms with van der Waals surface area (Å²) in [4.78, 5) is 0. The van der Waals surface area contributed by atoms with Crippen LogP contribution in [0.25, 0.3) is 0 Å². The maximum Gasteiger partial charge on any atom is 0.417 e. The second-order valence-electron chi connectivity index (χ2n) is 4.60. The topological polar surface area (TPSA) is 20.2 Å². The number of benzene rings is 1. The first-order chi connectivity index (χ1) is 7.03. The Hall–Kier alpha value is -0.900. The molecule has 0 amide bonds. The molecular formula is C11H12ClF3O. The number of phenolic OH excluding ortho intramolecular Hbond substituents is 1. The third-order valence-electron chi connectivity index (χ3n) is 2.20. The van der Waals surface area contributed by atoms with Crippen molar-refractivity contribution in [3.05, 3.63) is 28.3 Å². The van der Waals surface area contributed by atoms with E-state index in [2.05, 4.69) is 0 Å². The minimum atomic E-state index is -4.51. The molecule has 0 radical (unpaired) electrons. The second kappa shape index (κ2) is 3.84. The van der Waals surface area contributed by atoms with E-state index in [1.54, 1.807) is 20.8 Å². The number of hydrogen-bond acceptors (Lipinski definition) is 1. The van der Waals surface area contributed by atoms with Gasteiger partial charge in [-0.25, -0.2) is 0 Å². The van der Waals surface area contributed by atoms with Crippen molar-refractivity contribution < 1.29 is 18.3 Å². The monoisotopic (exact) mass is 252 g/mol. The lowest BCUT2D eigenvalue weighted by atomic mass is 9.85. The van der Waals surface area contributed by atoms with E-state index in [9.17, 15) is 18.3 Å². The van der Waals surface area contributed by atoms with Crippen LogP contribution in [0, 0.1) is 0 Å². The Bertz CT molecular complexity index is 370. The number of halogens is 4. The highest BCUT2D eigenvalue weighted by Crippen LogP contribution is 2.41. The molecule has 0 saturated heterocycles. The fraction of sp³-hybridized carbons (Fsp3) is 0.455. The van der Waals surface area contributed by atoms with E-state index in [0.29, 0.717) is 0 Å². The van der Waals surface area contributed by atoms with E-state index in [4.69, 9.17) is 11.6 Å². The molecule has 1 N–H and O–H groups in total. The Balaban J connectivity index is 3.45. The Labute approximate surface area is 96.9 Å². The highest BCUT2D eigenvalue weighted by atomic mass is 35.5. The largest absolute Gasteiger partial charge is 0.508 e. The molecule has 5 heteroatoms. The molecule has 1 aromatic carbocycles. The molecule has 0 aromatic heterocycles. The first kappa shape index (κ1) is 13.2. The average molecular weight is 253 g/mol. The van der Waals surface area contributed by atoms with Crippen molar-refractivity contribution in [1.29, 1.82) is 0 Å². The fourth-order valence-electron chi connectivity index (χ4n) is 1.38. The van der Waals surface area contributed by atoms with Crippen LogP contribution in [0.15, 0.2) is 12.1 Å². The van der Waals surface area contributed by atoms with Crippen LogP contribution in [-0.4, -0.2) is 5.11 Å². The van der Waals surface area contributed by atoms with Crippen LogP contribution in [0.3, 0.4) is 0 Å². The Morgan fingerprint density at radius 3 is 1.94 bits per heavy atom. The van der Waals surface area contributed by atoms with E-state index in [-0.39, 0.29) is 11.3 Å². The number of phenols is 1. The molecule has 0 spiro atoms. The van der Waals surface area contributed by atoms with Gasteiger partial charge in [-0.05, 0) is 23.1 Å². The van der Waals surface area contributed by atoms with E-state index in [1.807, 2.05) is 0 Å². The van der Waals surface area contributed by atoms with Gasteiger partial charge in [0.2, 0.25) is 0 Å². The molecule has 0 atom stereocenters. The van der Waals surface area contributed by atoms with Crippen LogP contribution in [0.1, 0.15) is 31.9 Å². The van der Waals surface area contributed by atoms with E-state index >= 15 is 0 Å². The number of aromatic hydroxyl groups is 1. The van der Waals surface area contributed by atoms with Crippen molar-refractivity contribution in [2.24, 2.45) is 0 Å². The molecule has 1 aromatic rings. The normalized spacial score (nSPS) is 12.9. The first-order valence-corrected chi connectivity index (χ1v) is 5.01. The predicted molar refractivity (Wildman–Crippen MR) is 56.8 cm³/mol. The van der Waals surface area contributed by atoms with Gasteiger partial charge in [0, 0.05) is 0 Å². The number of hydrogen-bond donors (Lipinski definition) is 1. The quantitative estimate of drug-likeness (QED) is 0.727. The minimum absolute atomic E-state index is 0.217. The third-order valence-corrected chi connectivity index (χ3v) is 2.51.